The van der Waals surface area contributed by atoms with Crippen LogP contribution in [0.15, 0.2) is 48.8 Å². The molecule has 5 rings (SSSR count). The number of ether oxygens (including phenoxy) is 1. The summed E-state index contributed by atoms with van der Waals surface area (Å²) in [6.07, 6.45) is 5.45. The van der Waals surface area contributed by atoms with Crippen molar-refractivity contribution < 1.29 is 18.7 Å². The molecule has 1 aliphatic carbocycles. The quantitative estimate of drug-likeness (QED) is 0.522. The van der Waals surface area contributed by atoms with Crippen molar-refractivity contribution in [3.8, 4) is 22.9 Å². The standard InChI is InChI=1S/C28H26FN5O3/c1-17-7-23(34-6-5-28(16-30,27(34)36)21-3-4-21)12-25(33-17)26(35)32-13-18-8-19(10-22(29)9-18)20-11-24(37-2)15-31-14-20/h7-12,14-15,21H,3-6,13H2,1-2H3,(H,32,35)/t28-/m1/s1. The molecule has 3 aromatic rings. The third-order valence-electron chi connectivity index (χ3n) is 7.01. The lowest BCUT2D eigenvalue weighted by Crippen LogP contribution is -2.35. The molecule has 1 saturated heterocycles. The van der Waals surface area contributed by atoms with E-state index in [9.17, 15) is 19.2 Å². The van der Waals surface area contributed by atoms with Crippen LogP contribution in [0.3, 0.4) is 0 Å². The molecule has 0 spiro atoms. The molecule has 2 aliphatic rings. The Morgan fingerprint density at radius 2 is 2.03 bits per heavy atom. The average Bonchev–Trinajstić information content (AvgIpc) is 3.70. The first kappa shape index (κ1) is 24.4. The number of rotatable bonds is 7. The van der Waals surface area contributed by atoms with Gasteiger partial charge in [0.15, 0.2) is 0 Å². The van der Waals surface area contributed by atoms with E-state index in [0.29, 0.717) is 46.8 Å². The molecule has 1 saturated carbocycles. The minimum atomic E-state index is -0.965. The summed E-state index contributed by atoms with van der Waals surface area (Å²) in [6.45, 7) is 2.26. The number of amides is 2. The molecule has 3 heterocycles. The second-order valence-electron chi connectivity index (χ2n) is 9.56. The molecule has 2 amide bonds. The van der Waals surface area contributed by atoms with Crippen molar-refractivity contribution in [2.24, 2.45) is 11.3 Å². The minimum Gasteiger partial charge on any atom is -0.495 e. The van der Waals surface area contributed by atoms with Crippen LogP contribution in [-0.2, 0) is 11.3 Å². The predicted molar refractivity (Wildman–Crippen MR) is 134 cm³/mol. The molecule has 1 aliphatic heterocycles. The monoisotopic (exact) mass is 499 g/mol. The second kappa shape index (κ2) is 9.62. The van der Waals surface area contributed by atoms with Crippen LogP contribution in [0.2, 0.25) is 0 Å². The van der Waals surface area contributed by atoms with Gasteiger partial charge >= 0.3 is 0 Å². The van der Waals surface area contributed by atoms with E-state index in [4.69, 9.17) is 4.74 Å². The minimum absolute atomic E-state index is 0.0772. The number of benzene rings is 1. The van der Waals surface area contributed by atoms with Gasteiger partial charge in [0.25, 0.3) is 5.91 Å². The maximum Gasteiger partial charge on any atom is 0.270 e. The highest BCUT2D eigenvalue weighted by Crippen LogP contribution is 2.51. The van der Waals surface area contributed by atoms with Gasteiger partial charge in [-0.1, -0.05) is 0 Å². The Kier molecular flexibility index (Phi) is 6.34. The summed E-state index contributed by atoms with van der Waals surface area (Å²) in [5.74, 6) is -0.416. The Labute approximate surface area is 214 Å². The molecule has 1 N–H and O–H groups in total. The third kappa shape index (κ3) is 4.75. The van der Waals surface area contributed by atoms with Gasteiger partial charge in [-0.05, 0) is 79.6 Å². The highest BCUT2D eigenvalue weighted by molar-refractivity contribution is 6.03. The number of methoxy groups -OCH3 is 1. The Hall–Kier alpha value is -4.32. The number of nitriles is 1. The van der Waals surface area contributed by atoms with Gasteiger partial charge in [-0.25, -0.2) is 9.37 Å². The van der Waals surface area contributed by atoms with E-state index < -0.39 is 17.1 Å². The van der Waals surface area contributed by atoms with Crippen LogP contribution in [-0.4, -0.2) is 35.4 Å². The smallest absolute Gasteiger partial charge is 0.270 e. The zero-order valence-electron chi connectivity index (χ0n) is 20.6. The van der Waals surface area contributed by atoms with E-state index >= 15 is 0 Å². The Morgan fingerprint density at radius 1 is 1.22 bits per heavy atom. The summed E-state index contributed by atoms with van der Waals surface area (Å²) in [5.41, 5.74) is 2.18. The molecule has 0 bridgehead atoms. The van der Waals surface area contributed by atoms with Crippen LogP contribution in [0.5, 0.6) is 5.75 Å². The SMILES string of the molecule is COc1cncc(-c2cc(F)cc(CNC(=O)c3cc(N4CC[C@@](C#N)(C5CC5)C4=O)cc(C)n3)c2)c1. The number of nitrogens with zero attached hydrogens (tertiary/aromatic N) is 4. The average molecular weight is 500 g/mol. The lowest BCUT2D eigenvalue weighted by atomic mass is 9.83. The molecule has 188 valence electrons. The number of aryl methyl sites for hydroxylation is 1. The summed E-state index contributed by atoms with van der Waals surface area (Å²) in [6, 6.07) is 11.9. The number of carbonyl (C=O) groups excluding carboxylic acids is 2. The van der Waals surface area contributed by atoms with Crippen molar-refractivity contribution in [2.45, 2.75) is 32.7 Å². The number of nitrogens with one attached hydrogen (secondary N) is 1. The number of pyridine rings is 2. The highest BCUT2D eigenvalue weighted by Gasteiger charge is 2.56. The van der Waals surface area contributed by atoms with E-state index in [1.807, 2.05) is 0 Å². The van der Waals surface area contributed by atoms with E-state index in [1.54, 1.807) is 48.5 Å². The molecule has 1 atom stereocenters. The molecule has 0 radical (unpaired) electrons. The van der Waals surface area contributed by atoms with Crippen molar-refractivity contribution in [2.75, 3.05) is 18.6 Å². The first-order valence-corrected chi connectivity index (χ1v) is 12.1. The number of hydrogen-bond acceptors (Lipinski definition) is 6. The maximum atomic E-state index is 14.4. The molecule has 0 unspecified atom stereocenters. The molecule has 9 heteroatoms. The van der Waals surface area contributed by atoms with Gasteiger partial charge < -0.3 is 15.0 Å². The normalized spacial score (nSPS) is 19.0. The van der Waals surface area contributed by atoms with Gasteiger partial charge in [-0.2, -0.15) is 5.26 Å². The Balaban J connectivity index is 1.33. The fourth-order valence-electron chi connectivity index (χ4n) is 4.94. The number of hydrogen-bond donors (Lipinski definition) is 1. The third-order valence-corrected chi connectivity index (χ3v) is 7.01. The number of halogens is 1. The van der Waals surface area contributed by atoms with Gasteiger partial charge in [0, 0.05) is 36.2 Å². The van der Waals surface area contributed by atoms with Gasteiger partial charge in [0.1, 0.15) is 22.7 Å². The van der Waals surface area contributed by atoms with Crippen LogP contribution in [0, 0.1) is 35.4 Å². The molecule has 2 fully saturated rings. The van der Waals surface area contributed by atoms with Gasteiger partial charge in [-0.15, -0.1) is 0 Å². The van der Waals surface area contributed by atoms with Gasteiger partial charge in [0.2, 0.25) is 5.91 Å². The molecule has 37 heavy (non-hydrogen) atoms. The van der Waals surface area contributed by atoms with Gasteiger partial charge in [0.05, 0.1) is 19.4 Å². The molecule has 2 aromatic heterocycles. The first-order chi connectivity index (χ1) is 17.8. The summed E-state index contributed by atoms with van der Waals surface area (Å²) in [5, 5.41) is 12.6. The molecule has 8 nitrogen and oxygen atoms in total. The number of aromatic nitrogens is 2. The molecule has 1 aromatic carbocycles. The maximum absolute atomic E-state index is 14.4. The summed E-state index contributed by atoms with van der Waals surface area (Å²) in [4.78, 5) is 36.2. The van der Waals surface area contributed by atoms with Crippen molar-refractivity contribution in [1.29, 1.82) is 5.26 Å². The van der Waals surface area contributed by atoms with E-state index in [-0.39, 0.29) is 24.1 Å². The van der Waals surface area contributed by atoms with Crippen LogP contribution >= 0.6 is 0 Å². The van der Waals surface area contributed by atoms with Crippen molar-refractivity contribution in [3.63, 3.8) is 0 Å². The number of carbonyl (C=O) groups is 2. The van der Waals surface area contributed by atoms with Crippen LogP contribution in [0.4, 0.5) is 10.1 Å². The summed E-state index contributed by atoms with van der Waals surface area (Å²) < 4.78 is 19.6. The van der Waals surface area contributed by atoms with Crippen molar-refractivity contribution >= 4 is 17.5 Å². The zero-order chi connectivity index (χ0) is 26.2. The zero-order valence-corrected chi connectivity index (χ0v) is 20.6. The molecular weight excluding hydrogens is 473 g/mol. The summed E-state index contributed by atoms with van der Waals surface area (Å²) >= 11 is 0. The second-order valence-corrected chi connectivity index (χ2v) is 9.56. The lowest BCUT2D eigenvalue weighted by molar-refractivity contribution is -0.123. The van der Waals surface area contributed by atoms with E-state index in [2.05, 4.69) is 21.4 Å². The van der Waals surface area contributed by atoms with E-state index in [0.717, 1.165) is 12.8 Å². The lowest BCUT2D eigenvalue weighted by Gasteiger charge is -2.21. The predicted octanol–water partition coefficient (Wildman–Crippen LogP) is 4.19. The van der Waals surface area contributed by atoms with Crippen LogP contribution in [0.1, 0.15) is 41.0 Å². The fourth-order valence-corrected chi connectivity index (χ4v) is 4.94. The van der Waals surface area contributed by atoms with Crippen LogP contribution < -0.4 is 15.0 Å². The highest BCUT2D eigenvalue weighted by atomic mass is 19.1. The fraction of sp³-hybridized carbons (Fsp3) is 0.321. The Bertz CT molecular complexity index is 1430. The molecular formula is C28H26FN5O3. The summed E-state index contributed by atoms with van der Waals surface area (Å²) in [7, 11) is 1.53. The Morgan fingerprint density at radius 3 is 2.76 bits per heavy atom. The van der Waals surface area contributed by atoms with Crippen molar-refractivity contribution in [3.05, 3.63) is 71.6 Å². The number of anilines is 1. The van der Waals surface area contributed by atoms with Crippen molar-refractivity contribution in [1.82, 2.24) is 15.3 Å². The first-order valence-electron chi connectivity index (χ1n) is 12.1. The topological polar surface area (TPSA) is 108 Å². The van der Waals surface area contributed by atoms with E-state index in [1.165, 1.54) is 19.2 Å². The van der Waals surface area contributed by atoms with Crippen LogP contribution in [0.25, 0.3) is 11.1 Å². The van der Waals surface area contributed by atoms with Gasteiger partial charge in [-0.3, -0.25) is 14.6 Å². The largest absolute Gasteiger partial charge is 0.495 e.